The lowest BCUT2D eigenvalue weighted by Gasteiger charge is -2.38. The van der Waals surface area contributed by atoms with E-state index in [0.29, 0.717) is 5.69 Å². The second-order valence-electron chi connectivity index (χ2n) is 13.7. The zero-order valence-electron chi connectivity index (χ0n) is 28.9. The van der Waals surface area contributed by atoms with Crippen molar-refractivity contribution in [3.63, 3.8) is 0 Å². The number of carboxylic acid groups (broad SMARTS) is 1. The van der Waals surface area contributed by atoms with Gasteiger partial charge < -0.3 is 15.2 Å². The van der Waals surface area contributed by atoms with Gasteiger partial charge in [-0.15, -0.1) is 0 Å². The molecule has 7 heteroatoms. The molecule has 52 heavy (non-hydrogen) atoms. The SMILES string of the molecule is O=C(N[C@@H](Cc1nn(C(c2ccccc2)(c2ccccc2)c2ccccc2)c2c1CCCCC2)C(=O)O)OCC1c2ccccc2-c2ccccc21. The Morgan fingerprint density at radius 3 is 1.75 bits per heavy atom. The molecule has 1 aromatic heterocycles. The first-order valence-corrected chi connectivity index (χ1v) is 18.2. The summed E-state index contributed by atoms with van der Waals surface area (Å²) in [7, 11) is 0. The zero-order chi connectivity index (χ0) is 35.5. The van der Waals surface area contributed by atoms with Gasteiger partial charge in [0.05, 0.1) is 5.69 Å². The van der Waals surface area contributed by atoms with Crippen LogP contribution in [0.2, 0.25) is 0 Å². The normalized spacial score (nSPS) is 14.4. The highest BCUT2D eigenvalue weighted by Crippen LogP contribution is 2.45. The highest BCUT2D eigenvalue weighted by Gasteiger charge is 2.42. The summed E-state index contributed by atoms with van der Waals surface area (Å²) < 4.78 is 7.95. The topological polar surface area (TPSA) is 93.5 Å². The standard InChI is InChI=1S/C45H41N3O4/c49-43(50)41(46-44(51)52-30-39-36-25-15-13-23-34(36)35-24-14-16-26-37(35)39)29-40-38-27-11-4-12-28-42(38)48(47-40)45(31-17-5-1-6-18-31,32-19-7-2-8-20-32)33-21-9-3-10-22-33/h1-3,5-10,13-26,39,41H,4,11-12,27-30H2,(H,46,51)(H,49,50)/t41-/m0/s1. The second kappa shape index (κ2) is 14.3. The molecule has 6 aromatic rings. The van der Waals surface area contributed by atoms with E-state index in [1.54, 1.807) is 0 Å². The number of carbonyl (C=O) groups is 2. The van der Waals surface area contributed by atoms with Crippen LogP contribution in [0.25, 0.3) is 11.1 Å². The van der Waals surface area contributed by atoms with Crippen LogP contribution in [-0.2, 0) is 34.3 Å². The summed E-state index contributed by atoms with van der Waals surface area (Å²) in [6, 6.07) is 46.3. The molecule has 2 aliphatic rings. The van der Waals surface area contributed by atoms with Gasteiger partial charge in [-0.1, -0.05) is 146 Å². The average molecular weight is 688 g/mol. The third kappa shape index (κ3) is 5.96. The van der Waals surface area contributed by atoms with Gasteiger partial charge in [-0.25, -0.2) is 14.3 Å². The summed E-state index contributed by atoms with van der Waals surface area (Å²) in [5.74, 6) is -1.26. The number of amides is 1. The molecule has 0 fully saturated rings. The van der Waals surface area contributed by atoms with Crippen LogP contribution in [0.3, 0.4) is 0 Å². The number of benzene rings is 5. The molecule has 0 unspecified atom stereocenters. The number of fused-ring (bicyclic) bond motifs is 4. The predicted octanol–water partition coefficient (Wildman–Crippen LogP) is 8.53. The molecule has 0 saturated heterocycles. The van der Waals surface area contributed by atoms with Crippen molar-refractivity contribution in [2.45, 2.75) is 56.0 Å². The summed E-state index contributed by atoms with van der Waals surface area (Å²) >= 11 is 0. The fraction of sp³-hybridized carbons (Fsp3) is 0.222. The van der Waals surface area contributed by atoms with Crippen LogP contribution in [0.1, 0.15) is 69.9 Å². The minimum absolute atomic E-state index is 0.0311. The number of carbonyl (C=O) groups excluding carboxylic acids is 1. The van der Waals surface area contributed by atoms with Crippen molar-refractivity contribution < 1.29 is 19.4 Å². The number of hydrogen-bond acceptors (Lipinski definition) is 4. The number of alkyl carbamates (subject to hydrolysis) is 1. The molecule has 0 spiro atoms. The average Bonchev–Trinajstić information content (AvgIpc) is 3.57. The molecule has 8 rings (SSSR count). The van der Waals surface area contributed by atoms with E-state index in [9.17, 15) is 14.7 Å². The minimum atomic E-state index is -1.23. The summed E-state index contributed by atoms with van der Waals surface area (Å²) in [6.07, 6.45) is 3.94. The number of aromatic nitrogens is 2. The van der Waals surface area contributed by atoms with E-state index in [-0.39, 0.29) is 18.9 Å². The van der Waals surface area contributed by atoms with Crippen molar-refractivity contribution in [2.24, 2.45) is 0 Å². The zero-order valence-corrected chi connectivity index (χ0v) is 28.9. The first-order valence-electron chi connectivity index (χ1n) is 18.2. The molecule has 0 bridgehead atoms. The van der Waals surface area contributed by atoms with E-state index in [4.69, 9.17) is 9.84 Å². The van der Waals surface area contributed by atoms with Gasteiger partial charge in [0, 0.05) is 18.0 Å². The smallest absolute Gasteiger partial charge is 0.407 e. The second-order valence-corrected chi connectivity index (χ2v) is 13.7. The molecule has 0 saturated carbocycles. The van der Waals surface area contributed by atoms with Crippen molar-refractivity contribution in [3.8, 4) is 11.1 Å². The lowest BCUT2D eigenvalue weighted by Crippen LogP contribution is -2.43. The number of carboxylic acids is 1. The molecule has 2 aliphatic carbocycles. The van der Waals surface area contributed by atoms with Crippen LogP contribution in [0, 0.1) is 0 Å². The molecule has 1 atom stereocenters. The van der Waals surface area contributed by atoms with Crippen LogP contribution >= 0.6 is 0 Å². The summed E-state index contributed by atoms with van der Waals surface area (Å²) in [4.78, 5) is 26.2. The lowest BCUT2D eigenvalue weighted by molar-refractivity contribution is -0.139. The van der Waals surface area contributed by atoms with Gasteiger partial charge in [0.2, 0.25) is 0 Å². The molecule has 260 valence electrons. The summed E-state index contributed by atoms with van der Waals surface area (Å²) in [5, 5.41) is 18.6. The summed E-state index contributed by atoms with van der Waals surface area (Å²) in [5.41, 5.74) is 9.66. The van der Waals surface area contributed by atoms with E-state index in [1.165, 1.54) is 0 Å². The van der Waals surface area contributed by atoms with Crippen LogP contribution < -0.4 is 5.32 Å². The van der Waals surface area contributed by atoms with Crippen molar-refractivity contribution in [2.75, 3.05) is 6.61 Å². The fourth-order valence-corrected chi connectivity index (χ4v) is 8.37. The minimum Gasteiger partial charge on any atom is -0.480 e. The molecular weight excluding hydrogens is 647 g/mol. The first kappa shape index (κ1) is 33.2. The third-order valence-corrected chi connectivity index (χ3v) is 10.7. The van der Waals surface area contributed by atoms with Gasteiger partial charge in [0.15, 0.2) is 0 Å². The maximum absolute atomic E-state index is 13.4. The molecule has 1 amide bonds. The Labute approximate surface area is 303 Å². The predicted molar refractivity (Wildman–Crippen MR) is 201 cm³/mol. The molecule has 1 heterocycles. The number of aliphatic carboxylic acids is 1. The Morgan fingerprint density at radius 1 is 0.712 bits per heavy atom. The quantitative estimate of drug-likeness (QED) is 0.111. The van der Waals surface area contributed by atoms with Crippen molar-refractivity contribution >= 4 is 12.1 Å². The molecule has 5 aromatic carbocycles. The number of rotatable bonds is 10. The van der Waals surface area contributed by atoms with E-state index < -0.39 is 23.6 Å². The van der Waals surface area contributed by atoms with E-state index >= 15 is 0 Å². The van der Waals surface area contributed by atoms with Crippen molar-refractivity contribution in [1.82, 2.24) is 15.1 Å². The van der Waals surface area contributed by atoms with Crippen LogP contribution in [-0.4, -0.2) is 39.6 Å². The van der Waals surface area contributed by atoms with Gasteiger partial charge in [0.25, 0.3) is 0 Å². The van der Waals surface area contributed by atoms with Crippen molar-refractivity contribution in [1.29, 1.82) is 0 Å². The Kier molecular flexibility index (Phi) is 9.16. The lowest BCUT2D eigenvalue weighted by atomic mass is 9.76. The molecule has 0 radical (unpaired) electrons. The molecule has 0 aliphatic heterocycles. The fourth-order valence-electron chi connectivity index (χ4n) is 8.37. The Hall–Kier alpha value is -5.95. The first-order chi connectivity index (χ1) is 25.6. The summed E-state index contributed by atoms with van der Waals surface area (Å²) in [6.45, 7) is 0.101. The highest BCUT2D eigenvalue weighted by molar-refractivity contribution is 5.81. The van der Waals surface area contributed by atoms with Gasteiger partial charge >= 0.3 is 12.1 Å². The number of nitrogens with zero attached hydrogens (tertiary/aromatic N) is 2. The van der Waals surface area contributed by atoms with Crippen LogP contribution in [0.4, 0.5) is 4.79 Å². The largest absolute Gasteiger partial charge is 0.480 e. The van der Waals surface area contributed by atoms with Crippen molar-refractivity contribution in [3.05, 3.63) is 184 Å². The number of hydrogen-bond donors (Lipinski definition) is 2. The van der Waals surface area contributed by atoms with Gasteiger partial charge in [0.1, 0.15) is 18.2 Å². The Bertz CT molecular complexity index is 2050. The number of nitrogens with one attached hydrogen (secondary N) is 1. The number of ether oxygens (including phenoxy) is 1. The Morgan fingerprint density at radius 2 is 1.21 bits per heavy atom. The maximum atomic E-state index is 13.4. The van der Waals surface area contributed by atoms with Crippen LogP contribution in [0.15, 0.2) is 140 Å². The molecule has 2 N–H and O–H groups in total. The van der Waals surface area contributed by atoms with Gasteiger partial charge in [-0.05, 0) is 70.2 Å². The van der Waals surface area contributed by atoms with E-state index in [0.717, 1.165) is 82.3 Å². The van der Waals surface area contributed by atoms with Crippen LogP contribution in [0.5, 0.6) is 0 Å². The van der Waals surface area contributed by atoms with E-state index in [2.05, 4.69) is 107 Å². The molecular formula is C45H41N3O4. The van der Waals surface area contributed by atoms with Gasteiger partial charge in [-0.2, -0.15) is 5.10 Å². The maximum Gasteiger partial charge on any atom is 0.407 e. The van der Waals surface area contributed by atoms with E-state index in [1.807, 2.05) is 42.5 Å². The molecule has 7 nitrogen and oxygen atoms in total. The monoisotopic (exact) mass is 687 g/mol. The van der Waals surface area contributed by atoms with Gasteiger partial charge in [-0.3, -0.25) is 0 Å². The third-order valence-electron chi connectivity index (χ3n) is 10.7. The Balaban J connectivity index is 1.15. The highest BCUT2D eigenvalue weighted by atomic mass is 16.5.